The van der Waals surface area contributed by atoms with Gasteiger partial charge >= 0.3 is 0 Å². The first kappa shape index (κ1) is 10.2. The number of likely N-dealkylation sites (tertiary alicyclic amines) is 1. The van der Waals surface area contributed by atoms with Crippen LogP contribution in [-0.4, -0.2) is 23.4 Å². The minimum Gasteiger partial charge on any atom is -0.337 e. The molecule has 3 nitrogen and oxygen atoms in total. The number of nitrogens with two attached hydrogens (primary N) is 1. The monoisotopic (exact) mass is 204 g/mol. The molecule has 1 aromatic carbocycles. The summed E-state index contributed by atoms with van der Waals surface area (Å²) in [4.78, 5) is 13.6. The number of carbonyl (C=O) groups excluding carboxylic acids is 1. The standard InChI is InChI=1S/C12H16N2O/c1-9-11(13)8-14(12(9)15)7-10-5-3-2-4-6-10/h2-6,9,11H,7-8,13H2,1H3. The fraction of sp³-hybridized carbons (Fsp3) is 0.417. The van der Waals surface area contributed by atoms with E-state index >= 15 is 0 Å². The number of hydrogen-bond acceptors (Lipinski definition) is 2. The lowest BCUT2D eigenvalue weighted by molar-refractivity contribution is -0.131. The molecule has 0 aromatic heterocycles. The molecule has 1 heterocycles. The summed E-state index contributed by atoms with van der Waals surface area (Å²) >= 11 is 0. The maximum Gasteiger partial charge on any atom is 0.227 e. The van der Waals surface area contributed by atoms with E-state index in [4.69, 9.17) is 5.73 Å². The van der Waals surface area contributed by atoms with Gasteiger partial charge in [0.25, 0.3) is 0 Å². The Kier molecular flexibility index (Phi) is 2.73. The molecule has 1 aromatic rings. The van der Waals surface area contributed by atoms with Gasteiger partial charge in [0.2, 0.25) is 5.91 Å². The van der Waals surface area contributed by atoms with E-state index in [1.807, 2.05) is 42.2 Å². The highest BCUT2D eigenvalue weighted by molar-refractivity contribution is 5.81. The van der Waals surface area contributed by atoms with E-state index in [1.54, 1.807) is 0 Å². The Hall–Kier alpha value is -1.35. The summed E-state index contributed by atoms with van der Waals surface area (Å²) in [5, 5.41) is 0. The number of nitrogens with zero attached hydrogens (tertiary/aromatic N) is 1. The Balaban J connectivity index is 2.05. The zero-order chi connectivity index (χ0) is 10.8. The van der Waals surface area contributed by atoms with Crippen molar-refractivity contribution in [3.8, 4) is 0 Å². The van der Waals surface area contributed by atoms with Crippen molar-refractivity contribution in [2.75, 3.05) is 6.54 Å². The van der Waals surface area contributed by atoms with E-state index in [9.17, 15) is 4.79 Å². The molecule has 1 fully saturated rings. The van der Waals surface area contributed by atoms with Crippen molar-refractivity contribution < 1.29 is 4.79 Å². The maximum absolute atomic E-state index is 11.8. The highest BCUT2D eigenvalue weighted by Gasteiger charge is 2.34. The molecule has 2 unspecified atom stereocenters. The van der Waals surface area contributed by atoms with Crippen molar-refractivity contribution in [3.05, 3.63) is 35.9 Å². The molecule has 15 heavy (non-hydrogen) atoms. The molecule has 1 amide bonds. The largest absolute Gasteiger partial charge is 0.337 e. The predicted molar refractivity (Wildman–Crippen MR) is 59.0 cm³/mol. The van der Waals surface area contributed by atoms with Crippen molar-refractivity contribution in [1.29, 1.82) is 0 Å². The zero-order valence-electron chi connectivity index (χ0n) is 8.89. The number of hydrogen-bond donors (Lipinski definition) is 1. The third-order valence-corrected chi connectivity index (χ3v) is 2.99. The SMILES string of the molecule is CC1C(=O)N(Cc2ccccc2)CC1N. The summed E-state index contributed by atoms with van der Waals surface area (Å²) in [5.41, 5.74) is 7.01. The van der Waals surface area contributed by atoms with Gasteiger partial charge in [-0.3, -0.25) is 4.79 Å². The van der Waals surface area contributed by atoms with Crippen molar-refractivity contribution in [1.82, 2.24) is 4.90 Å². The Bertz CT molecular complexity index is 350. The van der Waals surface area contributed by atoms with Crippen LogP contribution in [0.15, 0.2) is 30.3 Å². The van der Waals surface area contributed by atoms with Gasteiger partial charge in [-0.25, -0.2) is 0 Å². The van der Waals surface area contributed by atoms with Crippen LogP contribution in [0, 0.1) is 5.92 Å². The molecule has 1 saturated heterocycles. The maximum atomic E-state index is 11.8. The molecular weight excluding hydrogens is 188 g/mol. The third-order valence-electron chi connectivity index (χ3n) is 2.99. The van der Waals surface area contributed by atoms with E-state index in [0.717, 1.165) is 5.56 Å². The van der Waals surface area contributed by atoms with Crippen LogP contribution < -0.4 is 5.73 Å². The van der Waals surface area contributed by atoms with Crippen LogP contribution in [0.4, 0.5) is 0 Å². The summed E-state index contributed by atoms with van der Waals surface area (Å²) in [6.45, 7) is 3.25. The van der Waals surface area contributed by atoms with Crippen LogP contribution in [0.2, 0.25) is 0 Å². The second-order valence-electron chi connectivity index (χ2n) is 4.16. The molecule has 0 aliphatic carbocycles. The molecule has 2 atom stereocenters. The molecular formula is C12H16N2O. The van der Waals surface area contributed by atoms with E-state index in [1.165, 1.54) is 0 Å². The van der Waals surface area contributed by atoms with Crippen LogP contribution in [0.5, 0.6) is 0 Å². The van der Waals surface area contributed by atoms with Gasteiger partial charge in [-0.05, 0) is 5.56 Å². The zero-order valence-corrected chi connectivity index (χ0v) is 8.89. The van der Waals surface area contributed by atoms with E-state index in [0.29, 0.717) is 13.1 Å². The number of amides is 1. The van der Waals surface area contributed by atoms with Crippen molar-refractivity contribution in [2.45, 2.75) is 19.5 Å². The van der Waals surface area contributed by atoms with E-state index in [2.05, 4.69) is 0 Å². The van der Waals surface area contributed by atoms with E-state index < -0.39 is 0 Å². The quantitative estimate of drug-likeness (QED) is 0.781. The highest BCUT2D eigenvalue weighted by Crippen LogP contribution is 2.18. The number of rotatable bonds is 2. The van der Waals surface area contributed by atoms with E-state index in [-0.39, 0.29) is 17.9 Å². The summed E-state index contributed by atoms with van der Waals surface area (Å²) < 4.78 is 0. The summed E-state index contributed by atoms with van der Waals surface area (Å²) in [7, 11) is 0. The highest BCUT2D eigenvalue weighted by atomic mass is 16.2. The fourth-order valence-electron chi connectivity index (χ4n) is 1.92. The summed E-state index contributed by atoms with van der Waals surface area (Å²) in [6, 6.07) is 9.99. The second kappa shape index (κ2) is 4.03. The van der Waals surface area contributed by atoms with Gasteiger partial charge in [0.15, 0.2) is 0 Å². The Morgan fingerprint density at radius 1 is 1.40 bits per heavy atom. The van der Waals surface area contributed by atoms with Crippen molar-refractivity contribution in [2.24, 2.45) is 11.7 Å². The normalized spacial score (nSPS) is 26.0. The Labute approximate surface area is 89.9 Å². The van der Waals surface area contributed by atoms with Crippen LogP contribution in [0.25, 0.3) is 0 Å². The Morgan fingerprint density at radius 3 is 2.60 bits per heavy atom. The molecule has 2 N–H and O–H groups in total. The first-order chi connectivity index (χ1) is 7.18. The van der Waals surface area contributed by atoms with Gasteiger partial charge in [-0.2, -0.15) is 0 Å². The van der Waals surface area contributed by atoms with Gasteiger partial charge in [0.1, 0.15) is 0 Å². The molecule has 0 saturated carbocycles. The smallest absolute Gasteiger partial charge is 0.227 e. The molecule has 0 radical (unpaired) electrons. The van der Waals surface area contributed by atoms with Crippen LogP contribution in [0.1, 0.15) is 12.5 Å². The third kappa shape index (κ3) is 2.02. The molecule has 1 aliphatic heterocycles. The lowest BCUT2D eigenvalue weighted by Crippen LogP contribution is -2.28. The fourth-order valence-corrected chi connectivity index (χ4v) is 1.92. The lowest BCUT2D eigenvalue weighted by atomic mass is 10.1. The minimum atomic E-state index is -0.0336. The van der Waals surface area contributed by atoms with Gasteiger partial charge < -0.3 is 10.6 Å². The van der Waals surface area contributed by atoms with Crippen LogP contribution in [0.3, 0.4) is 0 Å². The number of carbonyl (C=O) groups is 1. The van der Waals surface area contributed by atoms with Crippen molar-refractivity contribution >= 4 is 5.91 Å². The predicted octanol–water partition coefficient (Wildman–Crippen LogP) is 0.992. The molecule has 0 spiro atoms. The molecule has 0 bridgehead atoms. The Morgan fingerprint density at radius 2 is 2.07 bits per heavy atom. The average Bonchev–Trinajstić information content (AvgIpc) is 2.48. The van der Waals surface area contributed by atoms with Gasteiger partial charge in [0.05, 0.1) is 5.92 Å². The lowest BCUT2D eigenvalue weighted by Gasteiger charge is -2.15. The number of benzene rings is 1. The molecule has 80 valence electrons. The summed E-state index contributed by atoms with van der Waals surface area (Å²) in [5.74, 6) is 0.139. The van der Waals surface area contributed by atoms with Crippen molar-refractivity contribution in [3.63, 3.8) is 0 Å². The second-order valence-corrected chi connectivity index (χ2v) is 4.16. The van der Waals surface area contributed by atoms with Gasteiger partial charge in [-0.1, -0.05) is 37.3 Å². The topological polar surface area (TPSA) is 46.3 Å². The van der Waals surface area contributed by atoms with Gasteiger partial charge in [-0.15, -0.1) is 0 Å². The van der Waals surface area contributed by atoms with Crippen LogP contribution >= 0.6 is 0 Å². The molecule has 2 rings (SSSR count). The summed E-state index contributed by atoms with van der Waals surface area (Å²) in [6.07, 6.45) is 0. The first-order valence-corrected chi connectivity index (χ1v) is 5.27. The molecule has 1 aliphatic rings. The first-order valence-electron chi connectivity index (χ1n) is 5.27. The average molecular weight is 204 g/mol. The van der Waals surface area contributed by atoms with Gasteiger partial charge in [0, 0.05) is 19.1 Å². The molecule has 3 heteroatoms. The minimum absolute atomic E-state index is 0.0128. The van der Waals surface area contributed by atoms with Crippen LogP contribution in [-0.2, 0) is 11.3 Å².